The molecule has 0 saturated heterocycles. The number of rotatable bonds is 4. The van der Waals surface area contributed by atoms with Crippen LogP contribution in [0.25, 0.3) is 11.0 Å². The molecular weight excluding hydrogens is 224 g/mol. The van der Waals surface area contributed by atoms with Crippen molar-refractivity contribution in [1.82, 2.24) is 0 Å². The fourth-order valence-electron chi connectivity index (χ4n) is 1.62. The molecule has 5 nitrogen and oxygen atoms in total. The van der Waals surface area contributed by atoms with Crippen LogP contribution in [-0.2, 0) is 16.0 Å². The largest absolute Gasteiger partial charge is 0.481 e. The van der Waals surface area contributed by atoms with Gasteiger partial charge in [0.15, 0.2) is 5.92 Å². The van der Waals surface area contributed by atoms with Gasteiger partial charge in [-0.3, -0.25) is 9.59 Å². The first-order valence-electron chi connectivity index (χ1n) is 5.01. The zero-order valence-electron chi connectivity index (χ0n) is 8.79. The van der Waals surface area contributed by atoms with Crippen LogP contribution in [0, 0.1) is 5.92 Å². The highest BCUT2D eigenvalue weighted by Gasteiger charge is 2.27. The van der Waals surface area contributed by atoms with Crippen LogP contribution in [0.2, 0.25) is 0 Å². The van der Waals surface area contributed by atoms with Crippen LogP contribution in [-0.4, -0.2) is 22.2 Å². The van der Waals surface area contributed by atoms with Gasteiger partial charge in [-0.2, -0.15) is 0 Å². The average Bonchev–Trinajstić information content (AvgIpc) is 2.67. The first-order valence-corrected chi connectivity index (χ1v) is 5.01. The number of carbonyl (C=O) groups is 2. The molecule has 17 heavy (non-hydrogen) atoms. The Labute approximate surface area is 96.3 Å². The second-order valence-corrected chi connectivity index (χ2v) is 3.68. The van der Waals surface area contributed by atoms with Crippen LogP contribution in [0.3, 0.4) is 0 Å². The van der Waals surface area contributed by atoms with Crippen molar-refractivity contribution in [3.05, 3.63) is 36.1 Å². The van der Waals surface area contributed by atoms with Gasteiger partial charge in [-0.05, 0) is 12.1 Å². The molecule has 2 rings (SSSR count). The van der Waals surface area contributed by atoms with Gasteiger partial charge in [-0.1, -0.05) is 18.2 Å². The number of fused-ring (bicyclic) bond motifs is 1. The molecule has 2 aromatic rings. The summed E-state index contributed by atoms with van der Waals surface area (Å²) < 4.78 is 5.37. The van der Waals surface area contributed by atoms with Crippen LogP contribution in [0.1, 0.15) is 5.76 Å². The van der Waals surface area contributed by atoms with E-state index in [1.807, 2.05) is 12.1 Å². The van der Waals surface area contributed by atoms with E-state index in [-0.39, 0.29) is 6.42 Å². The summed E-state index contributed by atoms with van der Waals surface area (Å²) >= 11 is 0. The van der Waals surface area contributed by atoms with Gasteiger partial charge < -0.3 is 14.6 Å². The molecule has 0 amide bonds. The third kappa shape index (κ3) is 2.28. The maximum Gasteiger partial charge on any atom is 0.318 e. The number of para-hydroxylation sites is 1. The topological polar surface area (TPSA) is 87.7 Å². The molecule has 88 valence electrons. The Bertz CT molecular complexity index is 522. The van der Waals surface area contributed by atoms with Crippen LogP contribution in [0.15, 0.2) is 34.7 Å². The fraction of sp³-hybridized carbons (Fsp3) is 0.167. The number of furan rings is 1. The summed E-state index contributed by atoms with van der Waals surface area (Å²) in [5.74, 6) is -3.84. The molecule has 0 unspecified atom stereocenters. The van der Waals surface area contributed by atoms with Gasteiger partial charge in [0.1, 0.15) is 11.3 Å². The number of benzene rings is 1. The van der Waals surface area contributed by atoms with Crippen molar-refractivity contribution in [2.45, 2.75) is 6.42 Å². The maximum atomic E-state index is 10.7. The molecule has 0 fully saturated rings. The Morgan fingerprint density at radius 2 is 1.82 bits per heavy atom. The van der Waals surface area contributed by atoms with Gasteiger partial charge >= 0.3 is 11.9 Å². The summed E-state index contributed by atoms with van der Waals surface area (Å²) in [6.45, 7) is 0. The van der Waals surface area contributed by atoms with Gasteiger partial charge in [0.05, 0.1) is 0 Å². The quantitative estimate of drug-likeness (QED) is 0.787. The number of hydrogen-bond donors (Lipinski definition) is 2. The summed E-state index contributed by atoms with van der Waals surface area (Å²) in [6.07, 6.45) is -0.153. The number of aliphatic carboxylic acids is 2. The molecule has 5 heteroatoms. The van der Waals surface area contributed by atoms with Gasteiger partial charge in [-0.25, -0.2) is 0 Å². The predicted octanol–water partition coefficient (Wildman–Crippen LogP) is 1.76. The van der Waals surface area contributed by atoms with Gasteiger partial charge in [0.2, 0.25) is 0 Å². The van der Waals surface area contributed by atoms with E-state index in [9.17, 15) is 9.59 Å². The van der Waals surface area contributed by atoms with E-state index in [1.165, 1.54) is 0 Å². The highest BCUT2D eigenvalue weighted by molar-refractivity contribution is 5.93. The normalized spacial score (nSPS) is 10.9. The van der Waals surface area contributed by atoms with Crippen LogP contribution < -0.4 is 0 Å². The summed E-state index contributed by atoms with van der Waals surface area (Å²) in [4.78, 5) is 21.5. The standard InChI is InChI=1S/C12H10O5/c13-11(14)9(12(15)16)6-8-5-7-3-1-2-4-10(7)17-8/h1-5,9H,6H2,(H,13,14)(H,15,16). The van der Waals surface area contributed by atoms with Crippen molar-refractivity contribution in [3.8, 4) is 0 Å². The summed E-state index contributed by atoms with van der Waals surface area (Å²) in [7, 11) is 0. The van der Waals surface area contributed by atoms with Crippen molar-refractivity contribution < 1.29 is 24.2 Å². The lowest BCUT2D eigenvalue weighted by Gasteiger charge is -2.03. The minimum atomic E-state index is -1.48. The van der Waals surface area contributed by atoms with Crippen molar-refractivity contribution in [3.63, 3.8) is 0 Å². The lowest BCUT2D eigenvalue weighted by atomic mass is 10.0. The van der Waals surface area contributed by atoms with Crippen molar-refractivity contribution in [2.75, 3.05) is 0 Å². The molecule has 0 bridgehead atoms. The van der Waals surface area contributed by atoms with Crippen molar-refractivity contribution in [2.24, 2.45) is 5.92 Å². The Morgan fingerprint density at radius 3 is 2.41 bits per heavy atom. The average molecular weight is 234 g/mol. The van der Waals surface area contributed by atoms with E-state index in [0.29, 0.717) is 11.3 Å². The Kier molecular flexibility index (Phi) is 2.82. The van der Waals surface area contributed by atoms with Gasteiger partial charge in [-0.15, -0.1) is 0 Å². The molecule has 1 aromatic heterocycles. The molecule has 0 aliphatic rings. The molecule has 1 heterocycles. The molecular formula is C12H10O5. The van der Waals surface area contributed by atoms with Crippen LogP contribution >= 0.6 is 0 Å². The lowest BCUT2D eigenvalue weighted by molar-refractivity contribution is -0.154. The van der Waals surface area contributed by atoms with E-state index in [2.05, 4.69) is 0 Å². The van der Waals surface area contributed by atoms with E-state index in [4.69, 9.17) is 14.6 Å². The van der Waals surface area contributed by atoms with Gasteiger partial charge in [0, 0.05) is 11.8 Å². The van der Waals surface area contributed by atoms with Crippen LogP contribution in [0.5, 0.6) is 0 Å². The zero-order valence-corrected chi connectivity index (χ0v) is 8.79. The molecule has 0 radical (unpaired) electrons. The Balaban J connectivity index is 2.28. The SMILES string of the molecule is O=C(O)C(Cc1cc2ccccc2o1)C(=O)O. The van der Waals surface area contributed by atoms with Gasteiger partial charge in [0.25, 0.3) is 0 Å². The molecule has 0 aliphatic heterocycles. The Hall–Kier alpha value is -2.30. The molecule has 0 aliphatic carbocycles. The summed E-state index contributed by atoms with van der Waals surface area (Å²) in [5.41, 5.74) is 0.622. The van der Waals surface area contributed by atoms with Crippen LogP contribution in [0.4, 0.5) is 0 Å². The molecule has 0 atom stereocenters. The fourth-order valence-corrected chi connectivity index (χ4v) is 1.62. The van der Waals surface area contributed by atoms with Crippen molar-refractivity contribution in [1.29, 1.82) is 0 Å². The van der Waals surface area contributed by atoms with E-state index < -0.39 is 17.9 Å². The first-order chi connectivity index (χ1) is 8.08. The minimum absolute atomic E-state index is 0.153. The molecule has 0 spiro atoms. The summed E-state index contributed by atoms with van der Waals surface area (Å²) in [5, 5.41) is 18.3. The zero-order chi connectivity index (χ0) is 12.4. The predicted molar refractivity (Wildman–Crippen MR) is 58.7 cm³/mol. The second kappa shape index (κ2) is 4.29. The third-order valence-corrected chi connectivity index (χ3v) is 2.48. The minimum Gasteiger partial charge on any atom is -0.481 e. The van der Waals surface area contributed by atoms with E-state index in [0.717, 1.165) is 5.39 Å². The van der Waals surface area contributed by atoms with E-state index in [1.54, 1.807) is 18.2 Å². The number of carboxylic acid groups (broad SMARTS) is 2. The number of hydrogen-bond acceptors (Lipinski definition) is 3. The smallest absolute Gasteiger partial charge is 0.318 e. The molecule has 0 saturated carbocycles. The highest BCUT2D eigenvalue weighted by Crippen LogP contribution is 2.21. The van der Waals surface area contributed by atoms with Crippen molar-refractivity contribution >= 4 is 22.9 Å². The monoisotopic (exact) mass is 234 g/mol. The Morgan fingerprint density at radius 1 is 1.18 bits per heavy atom. The summed E-state index contributed by atoms with van der Waals surface area (Å²) in [6, 6.07) is 8.84. The lowest BCUT2D eigenvalue weighted by Crippen LogP contribution is -2.25. The molecule has 2 N–H and O–H groups in total. The number of carboxylic acids is 2. The third-order valence-electron chi connectivity index (χ3n) is 2.48. The highest BCUT2D eigenvalue weighted by atomic mass is 16.4. The first kappa shape index (κ1) is 11.2. The molecule has 1 aromatic carbocycles. The second-order valence-electron chi connectivity index (χ2n) is 3.68. The maximum absolute atomic E-state index is 10.7. The van der Waals surface area contributed by atoms with E-state index >= 15 is 0 Å².